The van der Waals surface area contributed by atoms with Gasteiger partial charge in [-0.25, -0.2) is 17.6 Å². The van der Waals surface area contributed by atoms with E-state index in [2.05, 4.69) is 0 Å². The smallest absolute Gasteiger partial charge is 0.335 e. The Morgan fingerprint density at radius 2 is 2.06 bits per heavy atom. The average molecular weight is 246 g/mol. The molecule has 0 amide bonds. The Morgan fingerprint density at radius 1 is 1.44 bits per heavy atom. The van der Waals surface area contributed by atoms with Crippen molar-refractivity contribution in [2.75, 3.05) is 12.4 Å². The van der Waals surface area contributed by atoms with Crippen LogP contribution in [0, 0.1) is 6.92 Å². The van der Waals surface area contributed by atoms with Crippen LogP contribution in [0.2, 0.25) is 0 Å². The summed E-state index contributed by atoms with van der Waals surface area (Å²) in [5, 5.41) is 8.82. The summed E-state index contributed by atoms with van der Waals surface area (Å²) in [7, 11) is -3.74. The maximum Gasteiger partial charge on any atom is 0.335 e. The van der Waals surface area contributed by atoms with E-state index >= 15 is 0 Å². The van der Waals surface area contributed by atoms with Crippen molar-refractivity contribution in [2.24, 2.45) is 0 Å². The maximum atomic E-state index is 12.1. The second kappa shape index (κ2) is 4.61. The van der Waals surface area contributed by atoms with Crippen molar-refractivity contribution in [2.45, 2.75) is 11.8 Å². The van der Waals surface area contributed by atoms with Crippen LogP contribution in [0.1, 0.15) is 15.9 Å². The lowest BCUT2D eigenvalue weighted by Crippen LogP contribution is -2.12. The van der Waals surface area contributed by atoms with Crippen molar-refractivity contribution >= 4 is 15.8 Å². The highest BCUT2D eigenvalue weighted by Gasteiger charge is 2.20. The van der Waals surface area contributed by atoms with Gasteiger partial charge >= 0.3 is 5.97 Å². The van der Waals surface area contributed by atoms with Crippen LogP contribution in [0.25, 0.3) is 0 Å². The number of hydrogen-bond donors (Lipinski definition) is 1. The van der Waals surface area contributed by atoms with Gasteiger partial charge < -0.3 is 5.11 Å². The van der Waals surface area contributed by atoms with Crippen LogP contribution in [0.15, 0.2) is 23.1 Å². The van der Waals surface area contributed by atoms with Gasteiger partial charge in [0.05, 0.1) is 16.2 Å². The molecule has 0 aromatic heterocycles. The molecule has 0 spiro atoms. The first kappa shape index (κ1) is 12.6. The molecule has 0 aliphatic rings. The number of rotatable bonds is 4. The highest BCUT2D eigenvalue weighted by atomic mass is 32.2. The van der Waals surface area contributed by atoms with Crippen molar-refractivity contribution in [3.05, 3.63) is 29.3 Å². The molecule has 88 valence electrons. The number of sulfone groups is 1. The number of carboxylic acid groups (broad SMARTS) is 1. The Morgan fingerprint density at radius 3 is 2.56 bits per heavy atom. The predicted molar refractivity (Wildman–Crippen MR) is 56.2 cm³/mol. The van der Waals surface area contributed by atoms with Crippen molar-refractivity contribution < 1.29 is 22.7 Å². The molecular formula is C10H11FO4S. The lowest BCUT2D eigenvalue weighted by atomic mass is 10.1. The summed E-state index contributed by atoms with van der Waals surface area (Å²) in [5.41, 5.74) is 0.0587. The molecule has 4 nitrogen and oxygen atoms in total. The van der Waals surface area contributed by atoms with Gasteiger partial charge in [-0.1, -0.05) is 6.07 Å². The van der Waals surface area contributed by atoms with Gasteiger partial charge in [0.1, 0.15) is 6.67 Å². The summed E-state index contributed by atoms with van der Waals surface area (Å²) < 4.78 is 35.3. The van der Waals surface area contributed by atoms with Gasteiger partial charge in [0, 0.05) is 0 Å². The monoisotopic (exact) mass is 246 g/mol. The number of halogens is 1. The molecule has 0 saturated carbocycles. The summed E-state index contributed by atoms with van der Waals surface area (Å²) in [4.78, 5) is 10.7. The van der Waals surface area contributed by atoms with Crippen LogP contribution < -0.4 is 0 Å². The molecule has 16 heavy (non-hydrogen) atoms. The fraction of sp³-hybridized carbons (Fsp3) is 0.300. The van der Waals surface area contributed by atoms with E-state index in [9.17, 15) is 17.6 Å². The van der Waals surface area contributed by atoms with Gasteiger partial charge in [0.25, 0.3) is 0 Å². The van der Waals surface area contributed by atoms with Crippen LogP contribution >= 0.6 is 0 Å². The summed E-state index contributed by atoms with van der Waals surface area (Å²) in [6, 6.07) is 3.93. The summed E-state index contributed by atoms with van der Waals surface area (Å²) in [5.74, 6) is -1.83. The minimum Gasteiger partial charge on any atom is -0.478 e. The van der Waals surface area contributed by atoms with Gasteiger partial charge in [-0.05, 0) is 24.6 Å². The lowest BCUT2D eigenvalue weighted by molar-refractivity contribution is 0.0696. The number of carbonyl (C=O) groups is 1. The summed E-state index contributed by atoms with van der Waals surface area (Å²) in [6.45, 7) is 0.410. The SMILES string of the molecule is Cc1c(C(=O)O)cccc1S(=O)(=O)CCF. The van der Waals surface area contributed by atoms with Gasteiger partial charge in [-0.3, -0.25) is 0 Å². The fourth-order valence-electron chi connectivity index (χ4n) is 1.39. The first-order valence-corrected chi connectivity index (χ1v) is 6.17. The fourth-order valence-corrected chi connectivity index (χ4v) is 2.68. The molecule has 0 heterocycles. The normalized spacial score (nSPS) is 11.4. The van der Waals surface area contributed by atoms with E-state index in [4.69, 9.17) is 5.11 Å². The molecule has 0 atom stereocenters. The van der Waals surface area contributed by atoms with Crippen LogP contribution in [0.4, 0.5) is 4.39 Å². The molecule has 1 aromatic rings. The zero-order chi connectivity index (χ0) is 12.3. The van der Waals surface area contributed by atoms with Crippen LogP contribution in [-0.4, -0.2) is 31.9 Å². The highest BCUT2D eigenvalue weighted by Crippen LogP contribution is 2.20. The minimum atomic E-state index is -3.74. The third-order valence-corrected chi connectivity index (χ3v) is 4.00. The van der Waals surface area contributed by atoms with Crippen molar-refractivity contribution in [3.63, 3.8) is 0 Å². The van der Waals surface area contributed by atoms with E-state index in [0.717, 1.165) is 0 Å². The van der Waals surface area contributed by atoms with Crippen LogP contribution in [0.5, 0.6) is 0 Å². The van der Waals surface area contributed by atoms with E-state index in [0.29, 0.717) is 0 Å². The summed E-state index contributed by atoms with van der Waals surface area (Å²) >= 11 is 0. The first-order chi connectivity index (χ1) is 7.40. The van der Waals surface area contributed by atoms with Crippen LogP contribution in [0.3, 0.4) is 0 Å². The molecular weight excluding hydrogens is 235 g/mol. The van der Waals surface area contributed by atoms with E-state index in [-0.39, 0.29) is 16.0 Å². The molecule has 1 N–H and O–H groups in total. The predicted octanol–water partition coefficient (Wildman–Crippen LogP) is 1.44. The zero-order valence-electron chi connectivity index (χ0n) is 8.60. The Bertz CT molecular complexity index is 508. The lowest BCUT2D eigenvalue weighted by Gasteiger charge is -2.08. The minimum absolute atomic E-state index is 0.0834. The number of alkyl halides is 1. The average Bonchev–Trinajstić information content (AvgIpc) is 2.17. The second-order valence-corrected chi connectivity index (χ2v) is 5.32. The highest BCUT2D eigenvalue weighted by molar-refractivity contribution is 7.91. The summed E-state index contributed by atoms with van der Waals surface area (Å²) in [6.07, 6.45) is 0. The molecule has 0 saturated heterocycles. The Labute approximate surface area is 92.6 Å². The number of benzene rings is 1. The number of aromatic carboxylic acids is 1. The van der Waals surface area contributed by atoms with Gasteiger partial charge in [-0.15, -0.1) is 0 Å². The van der Waals surface area contributed by atoms with Crippen molar-refractivity contribution in [1.29, 1.82) is 0 Å². The third-order valence-electron chi connectivity index (χ3n) is 2.20. The Balaban J connectivity index is 3.37. The molecule has 0 aliphatic heterocycles. The topological polar surface area (TPSA) is 71.4 Å². The molecule has 1 rings (SSSR count). The third kappa shape index (κ3) is 2.38. The largest absolute Gasteiger partial charge is 0.478 e. The molecule has 0 fully saturated rings. The second-order valence-electron chi connectivity index (χ2n) is 3.24. The van der Waals surface area contributed by atoms with Crippen LogP contribution in [-0.2, 0) is 9.84 Å². The van der Waals surface area contributed by atoms with Gasteiger partial charge in [0.15, 0.2) is 9.84 Å². The standard InChI is InChI=1S/C10H11FO4S/c1-7-8(10(12)13)3-2-4-9(7)16(14,15)6-5-11/h2-4H,5-6H2,1H3,(H,12,13). The van der Waals surface area contributed by atoms with Crippen molar-refractivity contribution in [3.8, 4) is 0 Å². The van der Waals surface area contributed by atoms with E-state index < -0.39 is 28.2 Å². The molecule has 0 aliphatic carbocycles. The Kier molecular flexibility index (Phi) is 3.64. The maximum absolute atomic E-state index is 12.1. The zero-order valence-corrected chi connectivity index (χ0v) is 9.42. The van der Waals surface area contributed by atoms with Gasteiger partial charge in [-0.2, -0.15) is 0 Å². The van der Waals surface area contributed by atoms with E-state index in [1.807, 2.05) is 0 Å². The number of carboxylic acids is 1. The Hall–Kier alpha value is -1.43. The van der Waals surface area contributed by atoms with Gasteiger partial charge in [0.2, 0.25) is 0 Å². The molecule has 0 radical (unpaired) electrons. The van der Waals surface area contributed by atoms with Crippen molar-refractivity contribution in [1.82, 2.24) is 0 Å². The molecule has 0 unspecified atom stereocenters. The first-order valence-electron chi connectivity index (χ1n) is 4.52. The molecule has 0 bridgehead atoms. The number of hydrogen-bond acceptors (Lipinski definition) is 3. The van der Waals surface area contributed by atoms with E-state index in [1.165, 1.54) is 25.1 Å². The molecule has 1 aromatic carbocycles. The molecule has 6 heteroatoms. The van der Waals surface area contributed by atoms with E-state index in [1.54, 1.807) is 0 Å². The quantitative estimate of drug-likeness (QED) is 0.872.